The molecule has 1 saturated heterocycles. The predicted molar refractivity (Wildman–Crippen MR) is 81.7 cm³/mol. The summed E-state index contributed by atoms with van der Waals surface area (Å²) in [5.74, 6) is 2.34. The van der Waals surface area contributed by atoms with Crippen LogP contribution in [0.25, 0.3) is 0 Å². The van der Waals surface area contributed by atoms with E-state index in [4.69, 9.17) is 9.47 Å². The van der Waals surface area contributed by atoms with Crippen molar-refractivity contribution in [1.82, 2.24) is 10.6 Å². The predicted octanol–water partition coefficient (Wildman–Crippen LogP) is 1.95. The third kappa shape index (κ3) is 2.65. The molecule has 2 fully saturated rings. The highest BCUT2D eigenvalue weighted by atomic mass is 16.7. The molecule has 0 spiro atoms. The van der Waals surface area contributed by atoms with Crippen molar-refractivity contribution < 1.29 is 14.3 Å². The van der Waals surface area contributed by atoms with Crippen molar-refractivity contribution in [3.63, 3.8) is 0 Å². The van der Waals surface area contributed by atoms with Crippen molar-refractivity contribution in [2.45, 2.75) is 50.7 Å². The topological polar surface area (TPSA) is 59.6 Å². The molecule has 1 saturated carbocycles. The number of hydrogen-bond donors (Lipinski definition) is 2. The lowest BCUT2D eigenvalue weighted by molar-refractivity contribution is -0.123. The molecule has 118 valence electrons. The normalized spacial score (nSPS) is 29.2. The summed E-state index contributed by atoms with van der Waals surface area (Å²) >= 11 is 0. The SMILES string of the molecule is O=C(NCc1ccc2c(c1)OCO2)C1CC2CCCCC2N1. The van der Waals surface area contributed by atoms with Gasteiger partial charge in [-0.15, -0.1) is 0 Å². The van der Waals surface area contributed by atoms with Gasteiger partial charge in [-0.2, -0.15) is 0 Å². The zero-order chi connectivity index (χ0) is 14.9. The van der Waals surface area contributed by atoms with Crippen LogP contribution >= 0.6 is 0 Å². The van der Waals surface area contributed by atoms with Crippen molar-refractivity contribution >= 4 is 5.91 Å². The molecule has 0 bridgehead atoms. The van der Waals surface area contributed by atoms with E-state index < -0.39 is 0 Å². The van der Waals surface area contributed by atoms with Gasteiger partial charge in [0.05, 0.1) is 6.04 Å². The quantitative estimate of drug-likeness (QED) is 0.896. The minimum atomic E-state index is -0.0258. The maximum Gasteiger partial charge on any atom is 0.237 e. The number of carbonyl (C=O) groups is 1. The van der Waals surface area contributed by atoms with Gasteiger partial charge in [-0.25, -0.2) is 0 Å². The number of amides is 1. The Kier molecular flexibility index (Phi) is 3.66. The molecule has 2 aliphatic heterocycles. The molecule has 2 N–H and O–H groups in total. The lowest BCUT2D eigenvalue weighted by Crippen LogP contribution is -2.42. The summed E-state index contributed by atoms with van der Waals surface area (Å²) in [5, 5.41) is 6.56. The minimum Gasteiger partial charge on any atom is -0.454 e. The van der Waals surface area contributed by atoms with Crippen LogP contribution in [0.15, 0.2) is 18.2 Å². The molecule has 1 aromatic carbocycles. The molecular weight excluding hydrogens is 280 g/mol. The third-order valence-corrected chi connectivity index (χ3v) is 5.08. The maximum absolute atomic E-state index is 12.4. The number of rotatable bonds is 3. The van der Waals surface area contributed by atoms with Crippen LogP contribution in [0.3, 0.4) is 0 Å². The Hall–Kier alpha value is -1.75. The fraction of sp³-hybridized carbons (Fsp3) is 0.588. The smallest absolute Gasteiger partial charge is 0.237 e. The highest BCUT2D eigenvalue weighted by molar-refractivity contribution is 5.82. The van der Waals surface area contributed by atoms with E-state index in [1.807, 2.05) is 18.2 Å². The number of ether oxygens (including phenoxy) is 2. The molecule has 1 amide bonds. The van der Waals surface area contributed by atoms with E-state index in [2.05, 4.69) is 10.6 Å². The molecule has 22 heavy (non-hydrogen) atoms. The number of fused-ring (bicyclic) bond motifs is 2. The fourth-order valence-corrected chi connectivity index (χ4v) is 3.88. The second kappa shape index (κ2) is 5.80. The lowest BCUT2D eigenvalue weighted by Gasteiger charge is -2.24. The van der Waals surface area contributed by atoms with Crippen molar-refractivity contribution in [1.29, 1.82) is 0 Å². The highest BCUT2D eigenvalue weighted by Crippen LogP contribution is 2.34. The molecule has 5 heteroatoms. The minimum absolute atomic E-state index is 0.0258. The summed E-state index contributed by atoms with van der Waals surface area (Å²) in [6.45, 7) is 0.808. The van der Waals surface area contributed by atoms with E-state index in [-0.39, 0.29) is 18.7 Å². The standard InChI is InChI=1S/C17H22N2O3/c20-17(14-8-12-3-1-2-4-13(12)19-14)18-9-11-5-6-15-16(7-11)22-10-21-15/h5-7,12-14,19H,1-4,8-10H2,(H,18,20). The van der Waals surface area contributed by atoms with Crippen molar-refractivity contribution in [3.05, 3.63) is 23.8 Å². The number of hydrogen-bond acceptors (Lipinski definition) is 4. The van der Waals surface area contributed by atoms with E-state index in [1.54, 1.807) is 0 Å². The number of carbonyl (C=O) groups excluding carboxylic acids is 1. The summed E-state index contributed by atoms with van der Waals surface area (Å²) in [4.78, 5) is 12.4. The van der Waals surface area contributed by atoms with Crippen LogP contribution in [0.1, 0.15) is 37.7 Å². The molecular formula is C17H22N2O3. The van der Waals surface area contributed by atoms with Gasteiger partial charge in [-0.05, 0) is 42.9 Å². The van der Waals surface area contributed by atoms with Gasteiger partial charge >= 0.3 is 0 Å². The monoisotopic (exact) mass is 302 g/mol. The van der Waals surface area contributed by atoms with E-state index in [0.717, 1.165) is 23.5 Å². The van der Waals surface area contributed by atoms with Crippen molar-refractivity contribution in [2.75, 3.05) is 6.79 Å². The third-order valence-electron chi connectivity index (χ3n) is 5.08. The Morgan fingerprint density at radius 1 is 1.23 bits per heavy atom. The molecule has 1 aliphatic carbocycles. The summed E-state index contributed by atoms with van der Waals surface area (Å²) in [6, 6.07) is 6.32. The zero-order valence-corrected chi connectivity index (χ0v) is 12.6. The molecule has 4 rings (SSSR count). The van der Waals surface area contributed by atoms with Crippen LogP contribution in [0.5, 0.6) is 11.5 Å². The van der Waals surface area contributed by atoms with E-state index in [0.29, 0.717) is 18.5 Å². The van der Waals surface area contributed by atoms with Gasteiger partial charge in [-0.3, -0.25) is 4.79 Å². The van der Waals surface area contributed by atoms with E-state index in [1.165, 1.54) is 25.7 Å². The maximum atomic E-state index is 12.4. The largest absolute Gasteiger partial charge is 0.454 e. The van der Waals surface area contributed by atoms with Crippen LogP contribution in [-0.4, -0.2) is 24.8 Å². The first kappa shape index (κ1) is 13.9. The van der Waals surface area contributed by atoms with Crippen LogP contribution in [0.4, 0.5) is 0 Å². The summed E-state index contributed by atoms with van der Waals surface area (Å²) in [5.41, 5.74) is 1.04. The van der Waals surface area contributed by atoms with Gasteiger partial charge in [0.2, 0.25) is 12.7 Å². The molecule has 3 aliphatic rings. The van der Waals surface area contributed by atoms with E-state index >= 15 is 0 Å². The molecule has 3 unspecified atom stereocenters. The van der Waals surface area contributed by atoms with Crippen LogP contribution < -0.4 is 20.1 Å². The Labute approximate surface area is 130 Å². The average molecular weight is 302 g/mol. The fourth-order valence-electron chi connectivity index (χ4n) is 3.88. The summed E-state index contributed by atoms with van der Waals surface area (Å²) in [7, 11) is 0. The molecule has 3 atom stereocenters. The first-order valence-electron chi connectivity index (χ1n) is 8.22. The second-order valence-corrected chi connectivity index (χ2v) is 6.51. The number of benzene rings is 1. The lowest BCUT2D eigenvalue weighted by atomic mass is 9.85. The van der Waals surface area contributed by atoms with Gasteiger partial charge in [0.25, 0.3) is 0 Å². The first-order chi connectivity index (χ1) is 10.8. The molecule has 0 radical (unpaired) electrons. The highest BCUT2D eigenvalue weighted by Gasteiger charge is 2.37. The Bertz CT molecular complexity index is 561. The van der Waals surface area contributed by atoms with Gasteiger partial charge in [0.15, 0.2) is 11.5 Å². The van der Waals surface area contributed by atoms with Crippen LogP contribution in [-0.2, 0) is 11.3 Å². The zero-order valence-electron chi connectivity index (χ0n) is 12.6. The molecule has 1 aromatic rings. The van der Waals surface area contributed by atoms with Gasteiger partial charge in [0, 0.05) is 12.6 Å². The van der Waals surface area contributed by atoms with Crippen LogP contribution in [0, 0.1) is 5.92 Å². The Morgan fingerprint density at radius 2 is 2.09 bits per heavy atom. The molecule has 0 aromatic heterocycles. The Balaban J connectivity index is 1.33. The van der Waals surface area contributed by atoms with Gasteiger partial charge in [-0.1, -0.05) is 18.9 Å². The van der Waals surface area contributed by atoms with Gasteiger partial charge in [0.1, 0.15) is 0 Å². The summed E-state index contributed by atoms with van der Waals surface area (Å²) in [6.07, 6.45) is 6.08. The second-order valence-electron chi connectivity index (χ2n) is 6.51. The van der Waals surface area contributed by atoms with Crippen molar-refractivity contribution in [2.24, 2.45) is 5.92 Å². The summed E-state index contributed by atoms with van der Waals surface area (Å²) < 4.78 is 10.7. The first-order valence-corrected chi connectivity index (χ1v) is 8.22. The van der Waals surface area contributed by atoms with Gasteiger partial charge < -0.3 is 20.1 Å². The number of nitrogens with one attached hydrogen (secondary N) is 2. The molecule has 5 nitrogen and oxygen atoms in total. The van der Waals surface area contributed by atoms with Crippen LogP contribution in [0.2, 0.25) is 0 Å². The molecule has 2 heterocycles. The Morgan fingerprint density at radius 3 is 3.00 bits per heavy atom. The van der Waals surface area contributed by atoms with E-state index in [9.17, 15) is 4.79 Å². The van der Waals surface area contributed by atoms with Crippen molar-refractivity contribution in [3.8, 4) is 11.5 Å². The average Bonchev–Trinajstić information content (AvgIpc) is 3.18.